The van der Waals surface area contributed by atoms with E-state index in [1.807, 2.05) is 0 Å². The summed E-state index contributed by atoms with van der Waals surface area (Å²) >= 11 is 0. The molecular weight excluding hydrogens is 1170 g/mol. The van der Waals surface area contributed by atoms with Gasteiger partial charge in [0.05, 0.1) is 34.1 Å². The Morgan fingerprint density at radius 3 is 1.22 bits per heavy atom. The number of nitro groups is 2. The molecule has 4 heterocycles. The van der Waals surface area contributed by atoms with Crippen LogP contribution in [0.3, 0.4) is 0 Å². The molecule has 85 heavy (non-hydrogen) atoms. The summed E-state index contributed by atoms with van der Waals surface area (Å²) in [5.74, 6) is -0.0284. The van der Waals surface area contributed by atoms with Crippen molar-refractivity contribution in [3.8, 4) is 0 Å². The number of hydrogen-bond acceptors (Lipinski definition) is 11. The van der Waals surface area contributed by atoms with Crippen molar-refractivity contribution in [3.05, 3.63) is 127 Å². The molecular formula is C56H66ClF12LiN8O7. The Morgan fingerprint density at radius 1 is 0.518 bits per heavy atom. The molecule has 15 nitrogen and oxygen atoms in total. The van der Waals surface area contributed by atoms with Crippen LogP contribution in [0.15, 0.2) is 84.9 Å². The van der Waals surface area contributed by atoms with E-state index in [0.717, 1.165) is 157 Å². The molecule has 8 rings (SSSR count). The van der Waals surface area contributed by atoms with Crippen LogP contribution in [0.1, 0.15) is 112 Å². The third-order valence-electron chi connectivity index (χ3n) is 15.4. The summed E-state index contributed by atoms with van der Waals surface area (Å²) < 4.78 is 154. The molecule has 4 aliphatic heterocycles. The van der Waals surface area contributed by atoms with Gasteiger partial charge in [0.25, 0.3) is 11.4 Å². The molecule has 4 aromatic rings. The average molecular weight is 1230 g/mol. The zero-order valence-corrected chi connectivity index (χ0v) is 47.3. The predicted octanol–water partition coefficient (Wildman–Crippen LogP) is 5.72. The zero-order valence-electron chi connectivity index (χ0n) is 46.5. The first kappa shape index (κ1) is 71.3. The number of alkyl halides is 12. The minimum absolute atomic E-state index is 0. The zero-order chi connectivity index (χ0) is 60.7. The minimum Gasteiger partial charge on any atom is -1.00 e. The first-order valence-electron chi connectivity index (χ1n) is 27.4. The van der Waals surface area contributed by atoms with Gasteiger partial charge in [-0.05, 0) is 155 Å². The second-order valence-electron chi connectivity index (χ2n) is 21.2. The van der Waals surface area contributed by atoms with Crippen molar-refractivity contribution in [2.45, 2.75) is 127 Å². The predicted molar refractivity (Wildman–Crippen MR) is 283 cm³/mol. The first-order chi connectivity index (χ1) is 39.0. The number of carboxylic acids is 1. The van der Waals surface area contributed by atoms with Crippen molar-refractivity contribution < 1.29 is 114 Å². The van der Waals surface area contributed by atoms with Crippen molar-refractivity contribution in [2.24, 2.45) is 11.8 Å². The average Bonchev–Trinajstić information content (AvgIpc) is 3.20. The molecule has 4 fully saturated rings. The van der Waals surface area contributed by atoms with Gasteiger partial charge in [0.2, 0.25) is 5.91 Å². The third kappa shape index (κ3) is 22.2. The molecule has 4 saturated heterocycles. The molecule has 4 aromatic carbocycles. The Bertz CT molecular complexity index is 2770. The summed E-state index contributed by atoms with van der Waals surface area (Å²) in [6, 6.07) is 16.3. The van der Waals surface area contributed by atoms with Gasteiger partial charge in [-0.25, -0.2) is 0 Å². The number of carboxylic acid groups (broad SMARTS) is 1. The molecule has 0 atom stereocenters. The van der Waals surface area contributed by atoms with Gasteiger partial charge < -0.3 is 53.0 Å². The first-order valence-corrected chi connectivity index (χ1v) is 27.4. The van der Waals surface area contributed by atoms with E-state index in [9.17, 15) is 87.6 Å². The van der Waals surface area contributed by atoms with E-state index in [1.54, 1.807) is 4.90 Å². The maximum Gasteiger partial charge on any atom is 1.00 e. The number of carbonyl (C=O) groups excluding carboxylic acids is 2. The topological polar surface area (TPSA) is 194 Å². The molecule has 0 bridgehead atoms. The van der Waals surface area contributed by atoms with Crippen LogP contribution in [0, 0.1) is 32.1 Å². The van der Waals surface area contributed by atoms with E-state index in [0.29, 0.717) is 50.6 Å². The van der Waals surface area contributed by atoms with Crippen molar-refractivity contribution in [2.75, 3.05) is 72.8 Å². The number of rotatable bonds is 16. The van der Waals surface area contributed by atoms with Crippen LogP contribution < -0.4 is 62.1 Å². The second-order valence-corrected chi connectivity index (χ2v) is 21.2. The van der Waals surface area contributed by atoms with Crippen LogP contribution in [-0.4, -0.2) is 91.1 Å². The van der Waals surface area contributed by atoms with E-state index in [-0.39, 0.29) is 67.1 Å². The van der Waals surface area contributed by atoms with E-state index in [1.165, 1.54) is 36.4 Å². The van der Waals surface area contributed by atoms with Crippen molar-refractivity contribution in [3.63, 3.8) is 0 Å². The van der Waals surface area contributed by atoms with E-state index < -0.39 is 74.1 Å². The van der Waals surface area contributed by atoms with Gasteiger partial charge in [-0.15, -0.1) is 0 Å². The van der Waals surface area contributed by atoms with Crippen LogP contribution in [-0.2, 0) is 34.3 Å². The Hall–Kier alpha value is -6.17. The number of anilines is 4. The fourth-order valence-corrected chi connectivity index (χ4v) is 10.8. The second kappa shape index (κ2) is 32.0. The van der Waals surface area contributed by atoms with Crippen LogP contribution in [0.2, 0.25) is 0 Å². The Kier molecular flexibility index (Phi) is 26.8. The molecule has 0 unspecified atom stereocenters. The number of piperidine rings is 4. The number of halogens is 13. The summed E-state index contributed by atoms with van der Waals surface area (Å²) in [4.78, 5) is 48.6. The van der Waals surface area contributed by atoms with Gasteiger partial charge in [0.1, 0.15) is 11.1 Å². The number of nitro benzene ring substituents is 2. The SMILES string of the molecule is O=C(CCCC1CCN(c2ccc(C(F)(F)F)cc2)CC1)N1CCC(Nc2ccc([N+](=O)[O-])c(C(F)(F)F)c2)CC1.O=C([O-])CCCC1CCN(c2ccc(C(F)(F)F)cc2)CC1.O=[N+]([O-])c1ccc(NC2CC[NH2+]CC2)cc1C(F)(F)F.[Cl-].[Li+]. The van der Waals surface area contributed by atoms with Gasteiger partial charge in [0, 0.05) is 111 Å². The summed E-state index contributed by atoms with van der Waals surface area (Å²) in [5.41, 5.74) is -3.71. The Morgan fingerprint density at radius 2 is 0.882 bits per heavy atom. The molecule has 464 valence electrons. The van der Waals surface area contributed by atoms with Gasteiger partial charge in [-0.3, -0.25) is 25.0 Å². The number of nitrogens with zero attached hydrogens (tertiary/aromatic N) is 5. The molecule has 4 N–H and O–H groups in total. The van der Waals surface area contributed by atoms with Crippen molar-refractivity contribution in [1.29, 1.82) is 0 Å². The van der Waals surface area contributed by atoms with Gasteiger partial charge in [-0.2, -0.15) is 52.7 Å². The maximum atomic E-state index is 13.3. The fourth-order valence-electron chi connectivity index (χ4n) is 10.8. The fraction of sp³-hybridized carbons (Fsp3) is 0.536. The van der Waals surface area contributed by atoms with Crippen molar-refractivity contribution in [1.82, 2.24) is 4.90 Å². The Labute approximate surface area is 501 Å². The van der Waals surface area contributed by atoms with E-state index >= 15 is 0 Å². The molecule has 0 aromatic heterocycles. The molecule has 0 radical (unpaired) electrons. The quantitative estimate of drug-likeness (QED) is 0.0538. The number of quaternary nitrogens is 1. The normalized spacial score (nSPS) is 16.8. The third-order valence-corrected chi connectivity index (χ3v) is 15.4. The molecule has 1 amide bonds. The number of hydrogen-bond donors (Lipinski definition) is 3. The molecule has 29 heteroatoms. The molecule has 0 spiro atoms. The number of nitrogens with two attached hydrogens (primary N) is 1. The smallest absolute Gasteiger partial charge is 1.00 e. The van der Waals surface area contributed by atoms with Crippen molar-refractivity contribution >= 4 is 46.0 Å². The Balaban J connectivity index is 0.000000297. The van der Waals surface area contributed by atoms with Crippen LogP contribution in [0.5, 0.6) is 0 Å². The number of benzene rings is 4. The van der Waals surface area contributed by atoms with E-state index in [4.69, 9.17) is 0 Å². The number of carbonyl (C=O) groups is 2. The maximum absolute atomic E-state index is 13.3. The standard InChI is InChI=1S/C28H32F6N4O3.C16H20F3NO2.C12H14F3N3O2.ClH.Li/c29-27(30,31)20-4-7-23(8-5-20)36-14-10-19(11-15-36)2-1-3-26(39)37-16-12-21(13-17-37)35-22-6-9-25(38(40)41)24(18-22)28(32,33)34;17-16(18,19)13-4-6-14(7-5-13)20-10-8-12(9-11-20)2-1-3-15(21)22;13-12(14,15)10-7-9(1-2-11(10)18(19)20)17-8-3-5-16-6-4-8;;/h4-9,18-19,21,35H,1-3,10-17H2;4-7,12H,1-3,8-11H2,(H,21,22);1-2,7-8,16-17H,3-6H2;1H;/q;;;;+1/p-1. The number of amides is 1. The summed E-state index contributed by atoms with van der Waals surface area (Å²) in [6.45, 7) is 5.89. The molecule has 0 aliphatic carbocycles. The van der Waals surface area contributed by atoms with Gasteiger partial charge >= 0.3 is 43.6 Å². The van der Waals surface area contributed by atoms with Crippen LogP contribution in [0.25, 0.3) is 0 Å². The van der Waals surface area contributed by atoms with Crippen LogP contribution >= 0.6 is 0 Å². The van der Waals surface area contributed by atoms with Crippen LogP contribution in [0.4, 0.5) is 86.8 Å². The van der Waals surface area contributed by atoms with E-state index in [2.05, 4.69) is 25.8 Å². The molecule has 0 saturated carbocycles. The summed E-state index contributed by atoms with van der Waals surface area (Å²) in [6.07, 6.45) is -8.08. The number of likely N-dealkylation sites (tertiary alicyclic amines) is 1. The van der Waals surface area contributed by atoms with Gasteiger partial charge in [-0.1, -0.05) is 0 Å². The summed E-state index contributed by atoms with van der Waals surface area (Å²) in [5, 5.41) is 40.2. The summed E-state index contributed by atoms with van der Waals surface area (Å²) in [7, 11) is 0. The number of aliphatic carboxylic acids is 1. The van der Waals surface area contributed by atoms with Gasteiger partial charge in [0.15, 0.2) is 0 Å². The minimum atomic E-state index is -4.85. The monoisotopic (exact) mass is 1230 g/mol. The molecule has 4 aliphatic rings. The number of nitrogens with one attached hydrogen (secondary N) is 2. The largest absolute Gasteiger partial charge is 1.00 e.